The zero-order valence-corrected chi connectivity index (χ0v) is 16.7. The first kappa shape index (κ1) is 18.7. The summed E-state index contributed by atoms with van der Waals surface area (Å²) in [5.74, 6) is -0.166. The van der Waals surface area contributed by atoms with E-state index < -0.39 is 11.5 Å². The summed E-state index contributed by atoms with van der Waals surface area (Å²) in [5.41, 5.74) is 1.22. The van der Waals surface area contributed by atoms with Crippen molar-refractivity contribution < 1.29 is 9.90 Å². The molecule has 3 nitrogen and oxygen atoms in total. The second-order valence-corrected chi connectivity index (χ2v) is 8.70. The lowest BCUT2D eigenvalue weighted by atomic mass is 9.60. The molecule has 1 aliphatic carbocycles. The lowest BCUT2D eigenvalue weighted by molar-refractivity contribution is -0.146. The van der Waals surface area contributed by atoms with Gasteiger partial charge in [0.15, 0.2) is 0 Å². The molecule has 0 fully saturated rings. The quantitative estimate of drug-likeness (QED) is 0.818. The minimum atomic E-state index is -1.07. The number of aliphatic hydroxyl groups is 1. The maximum absolute atomic E-state index is 14.2. The van der Waals surface area contributed by atoms with E-state index in [0.29, 0.717) is 6.42 Å². The third kappa shape index (κ3) is 2.73. The Morgan fingerprint density at radius 1 is 1.07 bits per heavy atom. The summed E-state index contributed by atoms with van der Waals surface area (Å²) in [5, 5.41) is 11.7. The standard InChI is InChI=1S/C25H27NO2/c1-24(2,3)26-17-9-13-20-16-15-18-10-7-8-14-21(18)25(20,23(26)28)22(27)19-11-5-4-6-12-19/h4-12,14-17,20,22,27H,13H2,1-3H3/t20-,22?,25-/m1/s1. The van der Waals surface area contributed by atoms with Crippen LogP contribution >= 0.6 is 0 Å². The van der Waals surface area contributed by atoms with E-state index in [9.17, 15) is 9.90 Å². The fraction of sp³-hybridized carbons (Fsp3) is 0.320. The highest BCUT2D eigenvalue weighted by Gasteiger charge is 2.57. The molecular formula is C25H27NO2. The predicted octanol–water partition coefficient (Wildman–Crippen LogP) is 4.85. The van der Waals surface area contributed by atoms with Crippen LogP contribution in [0.2, 0.25) is 0 Å². The molecule has 2 aromatic rings. The second kappa shape index (κ2) is 6.75. The monoisotopic (exact) mass is 373 g/mol. The average Bonchev–Trinajstić information content (AvgIpc) is 2.85. The van der Waals surface area contributed by atoms with Gasteiger partial charge in [-0.2, -0.15) is 0 Å². The third-order valence-electron chi connectivity index (χ3n) is 5.99. The van der Waals surface area contributed by atoms with E-state index in [-0.39, 0.29) is 17.4 Å². The summed E-state index contributed by atoms with van der Waals surface area (Å²) in [4.78, 5) is 16.0. The van der Waals surface area contributed by atoms with Gasteiger partial charge in [0.2, 0.25) is 5.91 Å². The first-order chi connectivity index (χ1) is 13.4. The Kier molecular flexibility index (Phi) is 4.51. The van der Waals surface area contributed by atoms with Crippen molar-refractivity contribution in [3.05, 3.63) is 89.6 Å². The largest absolute Gasteiger partial charge is 0.387 e. The molecular weight excluding hydrogens is 346 g/mol. The fourth-order valence-electron chi connectivity index (χ4n) is 4.60. The van der Waals surface area contributed by atoms with Crippen LogP contribution < -0.4 is 0 Å². The molecule has 1 unspecified atom stereocenters. The van der Waals surface area contributed by atoms with Crippen molar-refractivity contribution in [2.75, 3.05) is 0 Å². The van der Waals surface area contributed by atoms with Crippen molar-refractivity contribution in [3.8, 4) is 0 Å². The molecule has 2 aliphatic rings. The Labute approximate surface area is 167 Å². The SMILES string of the molecule is CC(C)(C)N1C=CC[C@@H]2C=Cc3ccccc3[C@]2(C(O)c2ccccc2)C1=O. The van der Waals surface area contributed by atoms with Crippen molar-refractivity contribution in [2.24, 2.45) is 5.92 Å². The number of nitrogens with zero attached hydrogens (tertiary/aromatic N) is 1. The van der Waals surface area contributed by atoms with Gasteiger partial charge in [-0.05, 0) is 43.9 Å². The number of carbonyl (C=O) groups excluding carboxylic acids is 1. The molecule has 0 aromatic heterocycles. The Hall–Kier alpha value is -2.65. The minimum Gasteiger partial charge on any atom is -0.387 e. The second-order valence-electron chi connectivity index (χ2n) is 8.70. The number of amides is 1. The van der Waals surface area contributed by atoms with Crippen LogP contribution in [-0.4, -0.2) is 21.5 Å². The molecule has 0 bridgehead atoms. The molecule has 0 radical (unpaired) electrons. The number of benzene rings is 2. The average molecular weight is 373 g/mol. The maximum atomic E-state index is 14.2. The molecule has 1 N–H and O–H groups in total. The Balaban J connectivity index is 2.00. The number of fused-ring (bicyclic) bond motifs is 3. The first-order valence-corrected chi connectivity index (χ1v) is 9.88. The Morgan fingerprint density at radius 3 is 2.46 bits per heavy atom. The van der Waals surface area contributed by atoms with Crippen molar-refractivity contribution >= 4 is 12.0 Å². The van der Waals surface area contributed by atoms with E-state index in [1.54, 1.807) is 4.90 Å². The molecule has 0 saturated heterocycles. The molecule has 0 saturated carbocycles. The zero-order valence-electron chi connectivity index (χ0n) is 16.7. The summed E-state index contributed by atoms with van der Waals surface area (Å²) < 4.78 is 0. The summed E-state index contributed by atoms with van der Waals surface area (Å²) in [6.45, 7) is 6.09. The molecule has 28 heavy (non-hydrogen) atoms. The normalized spacial score (nSPS) is 25.1. The van der Waals surface area contributed by atoms with E-state index in [1.807, 2.05) is 81.6 Å². The van der Waals surface area contributed by atoms with E-state index in [4.69, 9.17) is 0 Å². The van der Waals surface area contributed by atoms with E-state index in [0.717, 1.165) is 16.7 Å². The van der Waals surface area contributed by atoms with Crippen LogP contribution in [0.5, 0.6) is 0 Å². The van der Waals surface area contributed by atoms with Gasteiger partial charge in [0.25, 0.3) is 0 Å². The van der Waals surface area contributed by atoms with Crippen LogP contribution in [0, 0.1) is 5.92 Å². The summed E-state index contributed by atoms with van der Waals surface area (Å²) in [6.07, 6.45) is 7.91. The number of carbonyl (C=O) groups is 1. The molecule has 144 valence electrons. The van der Waals surface area contributed by atoms with Crippen LogP contribution in [-0.2, 0) is 10.2 Å². The number of rotatable bonds is 2. The lowest BCUT2D eigenvalue weighted by Crippen LogP contribution is -2.57. The van der Waals surface area contributed by atoms with E-state index in [2.05, 4.69) is 18.2 Å². The predicted molar refractivity (Wildman–Crippen MR) is 112 cm³/mol. The molecule has 3 atom stereocenters. The number of hydrogen-bond acceptors (Lipinski definition) is 2. The number of hydrogen-bond donors (Lipinski definition) is 1. The van der Waals surface area contributed by atoms with Crippen LogP contribution in [0.1, 0.15) is 50.0 Å². The Morgan fingerprint density at radius 2 is 1.75 bits per heavy atom. The molecule has 1 aliphatic heterocycles. The third-order valence-corrected chi connectivity index (χ3v) is 5.99. The lowest BCUT2D eigenvalue weighted by Gasteiger charge is -2.47. The molecule has 4 rings (SSSR count). The first-order valence-electron chi connectivity index (χ1n) is 9.88. The summed E-state index contributed by atoms with van der Waals surface area (Å²) in [7, 11) is 0. The smallest absolute Gasteiger partial charge is 0.241 e. The highest BCUT2D eigenvalue weighted by molar-refractivity contribution is 5.94. The Bertz CT molecular complexity index is 939. The van der Waals surface area contributed by atoms with Crippen molar-refractivity contribution in [3.63, 3.8) is 0 Å². The van der Waals surface area contributed by atoms with Crippen LogP contribution in [0.4, 0.5) is 0 Å². The van der Waals surface area contributed by atoms with Gasteiger partial charge in [0, 0.05) is 17.7 Å². The summed E-state index contributed by atoms with van der Waals surface area (Å²) in [6, 6.07) is 17.5. The zero-order chi connectivity index (χ0) is 19.9. The number of allylic oxidation sites excluding steroid dienone is 2. The molecule has 1 amide bonds. The molecule has 3 heteroatoms. The van der Waals surface area contributed by atoms with Gasteiger partial charge < -0.3 is 10.0 Å². The van der Waals surface area contributed by atoms with Gasteiger partial charge in [-0.3, -0.25) is 4.79 Å². The van der Waals surface area contributed by atoms with Gasteiger partial charge >= 0.3 is 0 Å². The molecule has 1 heterocycles. The van der Waals surface area contributed by atoms with Crippen LogP contribution in [0.25, 0.3) is 6.08 Å². The van der Waals surface area contributed by atoms with E-state index in [1.165, 1.54) is 0 Å². The van der Waals surface area contributed by atoms with Gasteiger partial charge in [0.1, 0.15) is 5.41 Å². The maximum Gasteiger partial charge on any atom is 0.241 e. The number of aliphatic hydroxyl groups excluding tert-OH is 1. The highest BCUT2D eigenvalue weighted by Crippen LogP contribution is 2.52. The van der Waals surface area contributed by atoms with Gasteiger partial charge in [0.05, 0.1) is 6.10 Å². The molecule has 2 aromatic carbocycles. The van der Waals surface area contributed by atoms with Crippen molar-refractivity contribution in [1.82, 2.24) is 4.90 Å². The van der Waals surface area contributed by atoms with Crippen molar-refractivity contribution in [2.45, 2.75) is 44.2 Å². The highest BCUT2D eigenvalue weighted by atomic mass is 16.3. The van der Waals surface area contributed by atoms with Crippen molar-refractivity contribution in [1.29, 1.82) is 0 Å². The van der Waals surface area contributed by atoms with Gasteiger partial charge in [-0.1, -0.05) is 72.8 Å². The summed E-state index contributed by atoms with van der Waals surface area (Å²) >= 11 is 0. The topological polar surface area (TPSA) is 40.5 Å². The minimum absolute atomic E-state index is 0.0492. The van der Waals surface area contributed by atoms with E-state index >= 15 is 0 Å². The van der Waals surface area contributed by atoms with Gasteiger partial charge in [-0.25, -0.2) is 0 Å². The molecule has 0 spiro atoms. The fourth-order valence-corrected chi connectivity index (χ4v) is 4.60. The van der Waals surface area contributed by atoms with Crippen LogP contribution in [0.15, 0.2) is 72.9 Å². The van der Waals surface area contributed by atoms with Gasteiger partial charge in [-0.15, -0.1) is 0 Å². The van der Waals surface area contributed by atoms with Crippen LogP contribution in [0.3, 0.4) is 0 Å².